The zero-order valence-corrected chi connectivity index (χ0v) is 17.4. The normalized spacial score (nSPS) is 19.4. The Hall–Kier alpha value is -1.21. The number of carbonyl (C=O) groups is 1. The third-order valence-corrected chi connectivity index (χ3v) is 5.58. The van der Waals surface area contributed by atoms with Crippen LogP contribution in [0.1, 0.15) is 25.3 Å². The summed E-state index contributed by atoms with van der Waals surface area (Å²) in [5.74, 6) is 0.0286. The van der Waals surface area contributed by atoms with Crippen LogP contribution in [-0.4, -0.2) is 34.0 Å². The number of nitrogens with zero attached hydrogens (tertiary/aromatic N) is 2. The van der Waals surface area contributed by atoms with Crippen LogP contribution in [0.2, 0.25) is 5.02 Å². The van der Waals surface area contributed by atoms with Crippen LogP contribution in [0.25, 0.3) is 0 Å². The number of hydrogen-bond acceptors (Lipinski definition) is 4. The van der Waals surface area contributed by atoms with E-state index in [1.807, 2.05) is 37.6 Å². The monoisotopic (exact) mass is 414 g/mol. The molecule has 1 fully saturated rings. The Morgan fingerprint density at radius 3 is 2.85 bits per heavy atom. The van der Waals surface area contributed by atoms with Crippen LogP contribution in [-0.2, 0) is 11.8 Å². The molecule has 1 saturated heterocycles. The predicted octanol–water partition coefficient (Wildman–Crippen LogP) is 3.94. The van der Waals surface area contributed by atoms with Crippen molar-refractivity contribution in [1.82, 2.24) is 15.1 Å². The summed E-state index contributed by atoms with van der Waals surface area (Å²) in [6.07, 6.45) is 3.83. The second kappa shape index (κ2) is 9.13. The first kappa shape index (κ1) is 21.1. The molecule has 1 aromatic carbocycles. The zero-order chi connectivity index (χ0) is 18.0. The highest BCUT2D eigenvalue weighted by atomic mass is 35.5. The molecule has 0 saturated carbocycles. The van der Waals surface area contributed by atoms with Crippen LogP contribution in [0.5, 0.6) is 0 Å². The molecule has 1 aliphatic rings. The first-order valence-electron chi connectivity index (χ1n) is 8.40. The van der Waals surface area contributed by atoms with E-state index >= 15 is 0 Å². The lowest BCUT2D eigenvalue weighted by Crippen LogP contribution is -2.28. The minimum atomic E-state index is -0.125. The number of benzene rings is 1. The maximum absolute atomic E-state index is 12.9. The van der Waals surface area contributed by atoms with Crippen LogP contribution >= 0.6 is 35.8 Å². The zero-order valence-electron chi connectivity index (χ0n) is 15.0. The van der Waals surface area contributed by atoms with E-state index in [-0.39, 0.29) is 30.2 Å². The van der Waals surface area contributed by atoms with Gasteiger partial charge in [0.15, 0.2) is 0 Å². The molecule has 142 valence electrons. The Morgan fingerprint density at radius 2 is 2.19 bits per heavy atom. The van der Waals surface area contributed by atoms with E-state index in [0.29, 0.717) is 16.8 Å². The van der Waals surface area contributed by atoms with Crippen LogP contribution in [0, 0.1) is 5.92 Å². The van der Waals surface area contributed by atoms with Gasteiger partial charge >= 0.3 is 0 Å². The molecule has 2 N–H and O–H groups in total. The first-order chi connectivity index (χ1) is 11.9. The van der Waals surface area contributed by atoms with Gasteiger partial charge in [-0.3, -0.25) is 9.48 Å². The molecule has 0 radical (unpaired) electrons. The quantitative estimate of drug-likeness (QED) is 0.727. The van der Waals surface area contributed by atoms with Crippen molar-refractivity contribution in [3.8, 4) is 0 Å². The number of aromatic nitrogens is 2. The Labute approximate surface area is 169 Å². The molecule has 8 heteroatoms. The molecular weight excluding hydrogens is 391 g/mol. The SMILES string of the molecule is CC(C)Sc1ccc(Cl)cc1NC(=O)[C@H]1CNC[C@@H]1c1cnn(C)c1.Cl. The summed E-state index contributed by atoms with van der Waals surface area (Å²) in [6.45, 7) is 5.71. The van der Waals surface area contributed by atoms with Gasteiger partial charge in [-0.2, -0.15) is 5.10 Å². The number of amides is 1. The van der Waals surface area contributed by atoms with Crippen molar-refractivity contribution in [2.75, 3.05) is 18.4 Å². The maximum atomic E-state index is 12.9. The smallest absolute Gasteiger partial charge is 0.229 e. The minimum Gasteiger partial charge on any atom is -0.325 e. The van der Waals surface area contributed by atoms with Gasteiger partial charge in [0, 0.05) is 47.4 Å². The third-order valence-electron chi connectivity index (χ3n) is 4.27. The van der Waals surface area contributed by atoms with E-state index < -0.39 is 0 Å². The Balaban J connectivity index is 0.00000243. The first-order valence-corrected chi connectivity index (χ1v) is 9.66. The standard InChI is InChI=1S/C18H23ClN4OS.ClH/c1-11(2)25-17-5-4-13(19)6-16(17)22-18(24)15-9-20-8-14(15)12-7-21-23(3)10-12;/h4-7,10-11,14-15,20H,8-9H2,1-3H3,(H,22,24);1H/t14-,15+;/m1./s1. The van der Waals surface area contributed by atoms with E-state index in [2.05, 4.69) is 29.6 Å². The number of anilines is 1. The van der Waals surface area contributed by atoms with Gasteiger partial charge in [0.25, 0.3) is 0 Å². The Bertz CT molecular complexity index is 765. The molecule has 2 aromatic rings. The highest BCUT2D eigenvalue weighted by molar-refractivity contribution is 8.00. The molecule has 2 atom stereocenters. The number of nitrogens with one attached hydrogen (secondary N) is 2. The summed E-state index contributed by atoms with van der Waals surface area (Å²) in [7, 11) is 1.89. The van der Waals surface area contributed by atoms with Crippen molar-refractivity contribution in [3.63, 3.8) is 0 Å². The average molecular weight is 415 g/mol. The molecule has 0 spiro atoms. The van der Waals surface area contributed by atoms with Gasteiger partial charge in [0.2, 0.25) is 5.91 Å². The van der Waals surface area contributed by atoms with E-state index in [0.717, 1.165) is 22.7 Å². The number of carbonyl (C=O) groups excluding carboxylic acids is 1. The van der Waals surface area contributed by atoms with Crippen LogP contribution in [0.15, 0.2) is 35.5 Å². The highest BCUT2D eigenvalue weighted by Crippen LogP contribution is 2.34. The molecule has 3 rings (SSSR count). The van der Waals surface area contributed by atoms with Crippen LogP contribution in [0.3, 0.4) is 0 Å². The second-order valence-electron chi connectivity index (χ2n) is 6.61. The van der Waals surface area contributed by atoms with Gasteiger partial charge in [-0.05, 0) is 23.8 Å². The molecule has 2 heterocycles. The number of hydrogen-bond donors (Lipinski definition) is 2. The molecule has 0 aliphatic carbocycles. The van der Waals surface area contributed by atoms with Gasteiger partial charge < -0.3 is 10.6 Å². The summed E-state index contributed by atoms with van der Waals surface area (Å²) in [5, 5.41) is 11.7. The number of aryl methyl sites for hydroxylation is 1. The summed E-state index contributed by atoms with van der Waals surface area (Å²) < 4.78 is 1.77. The van der Waals surface area contributed by atoms with Gasteiger partial charge in [-0.15, -0.1) is 24.2 Å². The maximum Gasteiger partial charge on any atom is 0.229 e. The molecular formula is C18H24Cl2N4OS. The van der Waals surface area contributed by atoms with E-state index in [9.17, 15) is 4.79 Å². The van der Waals surface area contributed by atoms with Gasteiger partial charge in [0.05, 0.1) is 17.8 Å². The van der Waals surface area contributed by atoms with Crippen molar-refractivity contribution in [2.45, 2.75) is 29.9 Å². The van der Waals surface area contributed by atoms with Crippen LogP contribution in [0.4, 0.5) is 5.69 Å². The van der Waals surface area contributed by atoms with Crippen molar-refractivity contribution in [3.05, 3.63) is 41.2 Å². The number of thioether (sulfide) groups is 1. The van der Waals surface area contributed by atoms with Gasteiger partial charge in [0.1, 0.15) is 0 Å². The van der Waals surface area contributed by atoms with Crippen molar-refractivity contribution in [1.29, 1.82) is 0 Å². The largest absolute Gasteiger partial charge is 0.325 e. The lowest BCUT2D eigenvalue weighted by molar-refractivity contribution is -0.119. The van der Waals surface area contributed by atoms with E-state index in [1.54, 1.807) is 16.4 Å². The summed E-state index contributed by atoms with van der Waals surface area (Å²) in [6, 6.07) is 5.65. The molecule has 26 heavy (non-hydrogen) atoms. The second-order valence-corrected chi connectivity index (χ2v) is 8.67. The van der Waals surface area contributed by atoms with E-state index in [1.165, 1.54) is 0 Å². The molecule has 1 amide bonds. The van der Waals surface area contributed by atoms with Crippen LogP contribution < -0.4 is 10.6 Å². The summed E-state index contributed by atoms with van der Waals surface area (Å²) in [4.78, 5) is 14.0. The fourth-order valence-electron chi connectivity index (χ4n) is 3.12. The fourth-order valence-corrected chi connectivity index (χ4v) is 4.18. The van der Waals surface area contributed by atoms with Crippen molar-refractivity contribution >= 4 is 47.4 Å². The minimum absolute atomic E-state index is 0. The lowest BCUT2D eigenvalue weighted by atomic mass is 9.90. The number of rotatable bonds is 5. The van der Waals surface area contributed by atoms with E-state index in [4.69, 9.17) is 11.6 Å². The molecule has 1 aliphatic heterocycles. The summed E-state index contributed by atoms with van der Waals surface area (Å²) >= 11 is 7.86. The van der Waals surface area contributed by atoms with Crippen molar-refractivity contribution in [2.24, 2.45) is 13.0 Å². The fraction of sp³-hybridized carbons (Fsp3) is 0.444. The summed E-state index contributed by atoms with van der Waals surface area (Å²) in [5.41, 5.74) is 1.88. The topological polar surface area (TPSA) is 59.0 Å². The Kier molecular flexibility index (Phi) is 7.41. The van der Waals surface area contributed by atoms with Crippen molar-refractivity contribution < 1.29 is 4.79 Å². The molecule has 5 nitrogen and oxygen atoms in total. The highest BCUT2D eigenvalue weighted by Gasteiger charge is 2.35. The van der Waals surface area contributed by atoms with Gasteiger partial charge in [-0.25, -0.2) is 0 Å². The predicted molar refractivity (Wildman–Crippen MR) is 111 cm³/mol. The van der Waals surface area contributed by atoms with Gasteiger partial charge in [-0.1, -0.05) is 25.4 Å². The molecule has 0 bridgehead atoms. The average Bonchev–Trinajstić information content (AvgIpc) is 3.18. The molecule has 1 aromatic heterocycles. The number of halogens is 2. The molecule has 0 unspecified atom stereocenters. The third kappa shape index (κ3) is 4.94. The Morgan fingerprint density at radius 1 is 1.42 bits per heavy atom. The lowest BCUT2D eigenvalue weighted by Gasteiger charge is -2.19.